The molecule has 0 unspecified atom stereocenters. The number of aromatic nitrogens is 1. The van der Waals surface area contributed by atoms with Gasteiger partial charge in [0.25, 0.3) is 0 Å². The highest BCUT2D eigenvalue weighted by atomic mass is 35.5. The molecule has 0 N–H and O–H groups in total. The number of halogens is 2. The van der Waals surface area contributed by atoms with Crippen LogP contribution in [0.5, 0.6) is 0 Å². The highest BCUT2D eigenvalue weighted by molar-refractivity contribution is 7.98. The van der Waals surface area contributed by atoms with Crippen molar-refractivity contribution in [3.8, 4) is 0 Å². The molecule has 0 saturated carbocycles. The van der Waals surface area contributed by atoms with E-state index in [1.165, 1.54) is 7.11 Å². The first-order chi connectivity index (χ1) is 7.63. The van der Waals surface area contributed by atoms with Crippen molar-refractivity contribution in [2.75, 3.05) is 12.9 Å². The SMILES string of the molecule is COC(=O)CCSCc1ccc(Cl)nc1Cl. The monoisotopic (exact) mass is 279 g/mol. The lowest BCUT2D eigenvalue weighted by atomic mass is 10.3. The van der Waals surface area contributed by atoms with E-state index in [9.17, 15) is 4.79 Å². The summed E-state index contributed by atoms with van der Waals surface area (Å²) >= 11 is 13.2. The number of nitrogens with zero attached hydrogens (tertiary/aromatic N) is 1. The van der Waals surface area contributed by atoms with E-state index in [4.69, 9.17) is 23.2 Å². The maximum absolute atomic E-state index is 10.8. The molecule has 0 spiro atoms. The molecule has 0 aromatic carbocycles. The Hall–Kier alpha value is -0.450. The number of ether oxygens (including phenoxy) is 1. The molecule has 0 aliphatic rings. The van der Waals surface area contributed by atoms with E-state index in [1.54, 1.807) is 17.8 Å². The molecule has 0 aliphatic heterocycles. The zero-order valence-electron chi connectivity index (χ0n) is 8.70. The van der Waals surface area contributed by atoms with Crippen molar-refractivity contribution in [1.29, 1.82) is 0 Å². The minimum atomic E-state index is -0.201. The summed E-state index contributed by atoms with van der Waals surface area (Å²) in [5.74, 6) is 1.21. The van der Waals surface area contributed by atoms with Crippen LogP contribution in [0.15, 0.2) is 12.1 Å². The summed E-state index contributed by atoms with van der Waals surface area (Å²) in [5, 5.41) is 0.798. The second-order valence-electron chi connectivity index (χ2n) is 2.96. The Morgan fingerprint density at radius 3 is 2.88 bits per heavy atom. The summed E-state index contributed by atoms with van der Waals surface area (Å²) in [5.41, 5.74) is 0.918. The third-order valence-electron chi connectivity index (χ3n) is 1.83. The third kappa shape index (κ3) is 4.60. The lowest BCUT2D eigenvalue weighted by Crippen LogP contribution is -2.01. The van der Waals surface area contributed by atoms with Gasteiger partial charge in [-0.3, -0.25) is 4.79 Å². The summed E-state index contributed by atoms with van der Waals surface area (Å²) in [4.78, 5) is 14.8. The molecular formula is C10H11Cl2NO2S. The van der Waals surface area contributed by atoms with Crippen molar-refractivity contribution in [3.05, 3.63) is 28.0 Å². The number of carbonyl (C=O) groups is 1. The average molecular weight is 280 g/mol. The molecule has 1 heterocycles. The van der Waals surface area contributed by atoms with E-state index in [0.29, 0.717) is 28.2 Å². The maximum Gasteiger partial charge on any atom is 0.306 e. The van der Waals surface area contributed by atoms with E-state index < -0.39 is 0 Å². The van der Waals surface area contributed by atoms with E-state index in [1.807, 2.05) is 6.07 Å². The molecule has 1 rings (SSSR count). The van der Waals surface area contributed by atoms with E-state index in [-0.39, 0.29) is 5.97 Å². The van der Waals surface area contributed by atoms with Crippen LogP contribution < -0.4 is 0 Å². The number of esters is 1. The topological polar surface area (TPSA) is 39.2 Å². The minimum Gasteiger partial charge on any atom is -0.469 e. The molecule has 16 heavy (non-hydrogen) atoms. The van der Waals surface area contributed by atoms with Gasteiger partial charge < -0.3 is 4.74 Å². The zero-order chi connectivity index (χ0) is 12.0. The van der Waals surface area contributed by atoms with E-state index in [2.05, 4.69) is 9.72 Å². The van der Waals surface area contributed by atoms with Gasteiger partial charge in [0.1, 0.15) is 10.3 Å². The summed E-state index contributed by atoms with van der Waals surface area (Å²) in [6.07, 6.45) is 0.403. The molecule has 88 valence electrons. The Morgan fingerprint density at radius 2 is 2.25 bits per heavy atom. The predicted molar refractivity (Wildman–Crippen MR) is 67.1 cm³/mol. The van der Waals surface area contributed by atoms with Crippen LogP contribution in [-0.2, 0) is 15.3 Å². The largest absolute Gasteiger partial charge is 0.469 e. The smallest absolute Gasteiger partial charge is 0.306 e. The molecule has 0 atom stereocenters. The highest BCUT2D eigenvalue weighted by Gasteiger charge is 2.04. The highest BCUT2D eigenvalue weighted by Crippen LogP contribution is 2.21. The molecule has 0 radical (unpaired) electrons. The summed E-state index contributed by atoms with van der Waals surface area (Å²) in [7, 11) is 1.38. The van der Waals surface area contributed by atoms with Gasteiger partial charge in [0.05, 0.1) is 13.5 Å². The first-order valence-electron chi connectivity index (χ1n) is 4.59. The van der Waals surface area contributed by atoms with Gasteiger partial charge in [0.15, 0.2) is 0 Å². The van der Waals surface area contributed by atoms with Crippen LogP contribution in [0.25, 0.3) is 0 Å². The van der Waals surface area contributed by atoms with Gasteiger partial charge in [-0.05, 0) is 11.6 Å². The van der Waals surface area contributed by atoms with Crippen molar-refractivity contribution >= 4 is 40.9 Å². The van der Waals surface area contributed by atoms with Gasteiger partial charge in [0, 0.05) is 11.5 Å². The summed E-state index contributed by atoms with van der Waals surface area (Å²) in [6.45, 7) is 0. The van der Waals surface area contributed by atoms with Crippen molar-refractivity contribution in [1.82, 2.24) is 4.98 Å². The van der Waals surface area contributed by atoms with Crippen molar-refractivity contribution in [2.24, 2.45) is 0 Å². The Kier molecular flexibility index (Phi) is 5.95. The Labute approximate surface area is 108 Å². The maximum atomic E-state index is 10.8. The summed E-state index contributed by atoms with van der Waals surface area (Å²) in [6, 6.07) is 3.53. The van der Waals surface area contributed by atoms with Crippen LogP contribution >= 0.6 is 35.0 Å². The predicted octanol–water partition coefficient (Wildman–Crippen LogP) is 3.18. The lowest BCUT2D eigenvalue weighted by Gasteiger charge is -2.03. The van der Waals surface area contributed by atoms with Crippen LogP contribution in [0, 0.1) is 0 Å². The van der Waals surface area contributed by atoms with Gasteiger partial charge in [-0.25, -0.2) is 4.98 Å². The minimum absolute atomic E-state index is 0.201. The fourth-order valence-electron chi connectivity index (χ4n) is 0.988. The van der Waals surface area contributed by atoms with Gasteiger partial charge in [-0.2, -0.15) is 11.8 Å². The second-order valence-corrected chi connectivity index (χ2v) is 4.81. The van der Waals surface area contributed by atoms with Crippen LogP contribution in [0.1, 0.15) is 12.0 Å². The molecule has 0 bridgehead atoms. The Bertz CT molecular complexity index is 374. The Morgan fingerprint density at radius 1 is 1.50 bits per heavy atom. The standard InChI is InChI=1S/C10H11Cl2NO2S/c1-15-9(14)4-5-16-6-7-2-3-8(11)13-10(7)12/h2-3H,4-6H2,1H3. The van der Waals surface area contributed by atoms with Gasteiger partial charge in [0.2, 0.25) is 0 Å². The molecule has 6 heteroatoms. The Balaban J connectivity index is 2.35. The number of carbonyl (C=O) groups excluding carboxylic acids is 1. The number of methoxy groups -OCH3 is 1. The quantitative estimate of drug-likeness (QED) is 0.472. The fraction of sp³-hybridized carbons (Fsp3) is 0.400. The van der Waals surface area contributed by atoms with Crippen LogP contribution in [0.3, 0.4) is 0 Å². The number of rotatable bonds is 5. The lowest BCUT2D eigenvalue weighted by molar-refractivity contribution is -0.140. The number of pyridine rings is 1. The molecule has 0 amide bonds. The molecule has 1 aromatic heterocycles. The van der Waals surface area contributed by atoms with Gasteiger partial charge in [-0.1, -0.05) is 29.3 Å². The average Bonchev–Trinajstić information content (AvgIpc) is 2.26. The zero-order valence-corrected chi connectivity index (χ0v) is 11.0. The molecular weight excluding hydrogens is 269 g/mol. The van der Waals surface area contributed by atoms with Crippen LogP contribution in [0.4, 0.5) is 0 Å². The molecule has 0 aliphatic carbocycles. The molecule has 0 fully saturated rings. The van der Waals surface area contributed by atoms with Gasteiger partial charge >= 0.3 is 5.97 Å². The van der Waals surface area contributed by atoms with Crippen LogP contribution in [0.2, 0.25) is 10.3 Å². The van der Waals surface area contributed by atoms with Crippen molar-refractivity contribution < 1.29 is 9.53 Å². The van der Waals surface area contributed by atoms with Gasteiger partial charge in [-0.15, -0.1) is 0 Å². The third-order valence-corrected chi connectivity index (χ3v) is 3.37. The molecule has 0 saturated heterocycles. The van der Waals surface area contributed by atoms with E-state index in [0.717, 1.165) is 5.56 Å². The summed E-state index contributed by atoms with van der Waals surface area (Å²) < 4.78 is 4.53. The first kappa shape index (κ1) is 13.6. The number of thioether (sulfide) groups is 1. The van der Waals surface area contributed by atoms with Crippen molar-refractivity contribution in [3.63, 3.8) is 0 Å². The number of hydrogen-bond donors (Lipinski definition) is 0. The first-order valence-corrected chi connectivity index (χ1v) is 6.50. The van der Waals surface area contributed by atoms with Crippen LogP contribution in [-0.4, -0.2) is 23.8 Å². The fourth-order valence-corrected chi connectivity index (χ4v) is 2.39. The number of hydrogen-bond acceptors (Lipinski definition) is 4. The van der Waals surface area contributed by atoms with E-state index >= 15 is 0 Å². The van der Waals surface area contributed by atoms with Crippen molar-refractivity contribution in [2.45, 2.75) is 12.2 Å². The second kappa shape index (κ2) is 6.99. The molecule has 1 aromatic rings. The molecule has 3 nitrogen and oxygen atoms in total. The normalized spacial score (nSPS) is 10.2.